The summed E-state index contributed by atoms with van der Waals surface area (Å²) < 4.78 is 13.7. The van der Waals surface area contributed by atoms with E-state index in [9.17, 15) is 4.39 Å². The minimum atomic E-state index is -0.305. The second-order valence-electron chi connectivity index (χ2n) is 5.69. The molecule has 2 rings (SSSR count). The van der Waals surface area contributed by atoms with Crippen LogP contribution >= 0.6 is 11.6 Å². The summed E-state index contributed by atoms with van der Waals surface area (Å²) in [4.78, 5) is 4.21. The SMILES string of the molecule is C=C(Cl)C[C@H](C)CC(=C)Nc1cnc2c(F)cccc2c1C. The zero-order chi connectivity index (χ0) is 16.3. The van der Waals surface area contributed by atoms with Crippen LogP contribution in [-0.2, 0) is 0 Å². The molecular weight excluding hydrogens is 299 g/mol. The number of halogens is 2. The quantitative estimate of drug-likeness (QED) is 0.730. The van der Waals surface area contributed by atoms with E-state index >= 15 is 0 Å². The lowest BCUT2D eigenvalue weighted by atomic mass is 10.0. The summed E-state index contributed by atoms with van der Waals surface area (Å²) in [5.41, 5.74) is 3.08. The Kier molecular flexibility index (Phi) is 5.19. The molecule has 0 fully saturated rings. The highest BCUT2D eigenvalue weighted by atomic mass is 35.5. The van der Waals surface area contributed by atoms with Crippen molar-refractivity contribution < 1.29 is 4.39 Å². The van der Waals surface area contributed by atoms with Crippen molar-refractivity contribution in [2.24, 2.45) is 5.92 Å². The summed E-state index contributed by atoms with van der Waals surface area (Å²) in [7, 11) is 0. The van der Waals surface area contributed by atoms with Gasteiger partial charge in [-0.2, -0.15) is 0 Å². The van der Waals surface area contributed by atoms with Gasteiger partial charge in [0, 0.05) is 16.1 Å². The molecule has 4 heteroatoms. The molecule has 0 saturated heterocycles. The average molecular weight is 319 g/mol. The Balaban J connectivity index is 2.16. The highest BCUT2D eigenvalue weighted by Crippen LogP contribution is 2.27. The first-order valence-corrected chi connectivity index (χ1v) is 7.58. The van der Waals surface area contributed by atoms with Crippen molar-refractivity contribution in [3.05, 3.63) is 59.7 Å². The molecule has 2 aromatic rings. The topological polar surface area (TPSA) is 24.9 Å². The fourth-order valence-corrected chi connectivity index (χ4v) is 2.82. The first-order chi connectivity index (χ1) is 10.4. The van der Waals surface area contributed by atoms with Gasteiger partial charge in [-0.05, 0) is 37.3 Å². The van der Waals surface area contributed by atoms with Gasteiger partial charge in [0.25, 0.3) is 0 Å². The standard InChI is InChI=1S/C18H20ClFN2/c1-11(8-12(2)19)9-13(3)22-17-10-21-18-15(14(17)4)6-5-7-16(18)20/h5-7,10-11,22H,2-3,8-9H2,1,4H3/t11-/m0/s1. The van der Waals surface area contributed by atoms with E-state index in [0.29, 0.717) is 16.5 Å². The van der Waals surface area contributed by atoms with Gasteiger partial charge in [0.05, 0.1) is 11.9 Å². The molecule has 0 aliphatic carbocycles. The van der Waals surface area contributed by atoms with Crippen LogP contribution in [0.4, 0.5) is 10.1 Å². The van der Waals surface area contributed by atoms with Gasteiger partial charge in [-0.25, -0.2) is 4.39 Å². The molecule has 0 saturated carbocycles. The van der Waals surface area contributed by atoms with Crippen molar-refractivity contribution in [2.75, 3.05) is 5.32 Å². The molecule has 1 aromatic heterocycles. The molecule has 1 atom stereocenters. The lowest BCUT2D eigenvalue weighted by molar-refractivity contribution is 0.584. The van der Waals surface area contributed by atoms with Crippen LogP contribution in [0.2, 0.25) is 0 Å². The van der Waals surface area contributed by atoms with Crippen LogP contribution in [0.3, 0.4) is 0 Å². The van der Waals surface area contributed by atoms with Gasteiger partial charge < -0.3 is 5.32 Å². The molecule has 0 bridgehead atoms. The van der Waals surface area contributed by atoms with Crippen LogP contribution in [0.5, 0.6) is 0 Å². The number of pyridine rings is 1. The largest absolute Gasteiger partial charge is 0.358 e. The minimum absolute atomic E-state index is 0.305. The third kappa shape index (κ3) is 3.86. The van der Waals surface area contributed by atoms with E-state index < -0.39 is 0 Å². The Morgan fingerprint density at radius 2 is 2.09 bits per heavy atom. The second kappa shape index (κ2) is 6.93. The number of nitrogens with one attached hydrogen (secondary N) is 1. The van der Waals surface area contributed by atoms with E-state index in [1.54, 1.807) is 12.3 Å². The van der Waals surface area contributed by atoms with Crippen molar-refractivity contribution in [3.8, 4) is 0 Å². The van der Waals surface area contributed by atoms with Gasteiger partial charge in [-0.3, -0.25) is 4.98 Å². The third-order valence-corrected chi connectivity index (χ3v) is 3.75. The highest BCUT2D eigenvalue weighted by Gasteiger charge is 2.10. The maximum absolute atomic E-state index is 13.7. The number of rotatable bonds is 6. The van der Waals surface area contributed by atoms with Crippen molar-refractivity contribution in [1.29, 1.82) is 0 Å². The van der Waals surface area contributed by atoms with Gasteiger partial charge >= 0.3 is 0 Å². The molecular formula is C18H20ClFN2. The van der Waals surface area contributed by atoms with Crippen molar-refractivity contribution in [1.82, 2.24) is 4.98 Å². The normalized spacial score (nSPS) is 12.2. The summed E-state index contributed by atoms with van der Waals surface area (Å²) in [6.45, 7) is 11.8. The van der Waals surface area contributed by atoms with E-state index in [4.69, 9.17) is 11.6 Å². The lowest BCUT2D eigenvalue weighted by Gasteiger charge is -2.16. The zero-order valence-electron chi connectivity index (χ0n) is 12.9. The van der Waals surface area contributed by atoms with Crippen LogP contribution in [0.15, 0.2) is 48.3 Å². The predicted octanol–water partition coefficient (Wildman–Crippen LogP) is 5.78. The van der Waals surface area contributed by atoms with Gasteiger partial charge in [0.1, 0.15) is 11.3 Å². The number of aryl methyl sites for hydroxylation is 1. The summed E-state index contributed by atoms with van der Waals surface area (Å²) in [5.74, 6) is 0.0522. The summed E-state index contributed by atoms with van der Waals surface area (Å²) >= 11 is 5.83. The van der Waals surface area contributed by atoms with Crippen LogP contribution in [0, 0.1) is 18.7 Å². The molecule has 0 aliphatic heterocycles. The van der Waals surface area contributed by atoms with Crippen LogP contribution < -0.4 is 5.32 Å². The van der Waals surface area contributed by atoms with E-state index in [1.165, 1.54) is 6.07 Å². The molecule has 2 nitrogen and oxygen atoms in total. The Hall–Kier alpha value is -1.87. The van der Waals surface area contributed by atoms with E-state index in [0.717, 1.165) is 35.2 Å². The van der Waals surface area contributed by atoms with E-state index in [-0.39, 0.29) is 5.82 Å². The minimum Gasteiger partial charge on any atom is -0.358 e. The van der Waals surface area contributed by atoms with Crippen molar-refractivity contribution in [2.45, 2.75) is 26.7 Å². The van der Waals surface area contributed by atoms with Gasteiger partial charge in [-0.1, -0.05) is 43.8 Å². The van der Waals surface area contributed by atoms with Gasteiger partial charge in [-0.15, -0.1) is 0 Å². The molecule has 1 N–H and O–H groups in total. The first kappa shape index (κ1) is 16.5. The number of allylic oxidation sites excluding steroid dienone is 2. The molecule has 22 heavy (non-hydrogen) atoms. The van der Waals surface area contributed by atoms with Crippen LogP contribution in [-0.4, -0.2) is 4.98 Å². The maximum atomic E-state index is 13.7. The number of hydrogen-bond donors (Lipinski definition) is 1. The third-order valence-electron chi connectivity index (χ3n) is 3.59. The number of nitrogens with zero attached hydrogens (tertiary/aromatic N) is 1. The predicted molar refractivity (Wildman–Crippen MR) is 92.6 cm³/mol. The number of para-hydroxylation sites is 1. The number of fused-ring (bicyclic) bond motifs is 1. The lowest BCUT2D eigenvalue weighted by Crippen LogP contribution is -2.06. The Labute approximate surface area is 135 Å². The fourth-order valence-electron chi connectivity index (χ4n) is 2.56. The van der Waals surface area contributed by atoms with Crippen LogP contribution in [0.25, 0.3) is 10.9 Å². The number of benzene rings is 1. The number of aromatic nitrogens is 1. The Bertz CT molecular complexity index is 724. The van der Waals surface area contributed by atoms with Crippen LogP contribution in [0.1, 0.15) is 25.3 Å². The van der Waals surface area contributed by atoms with E-state index in [1.807, 2.05) is 13.0 Å². The van der Waals surface area contributed by atoms with E-state index in [2.05, 4.69) is 30.4 Å². The Morgan fingerprint density at radius 3 is 2.77 bits per heavy atom. The summed E-state index contributed by atoms with van der Waals surface area (Å²) in [6.07, 6.45) is 3.19. The molecule has 0 amide bonds. The van der Waals surface area contributed by atoms with Crippen molar-refractivity contribution in [3.63, 3.8) is 0 Å². The highest BCUT2D eigenvalue weighted by molar-refractivity contribution is 6.29. The number of anilines is 1. The second-order valence-corrected chi connectivity index (χ2v) is 6.23. The molecule has 0 aliphatic rings. The average Bonchev–Trinajstić information content (AvgIpc) is 2.41. The molecule has 0 spiro atoms. The van der Waals surface area contributed by atoms with Gasteiger partial charge in [0.2, 0.25) is 0 Å². The summed E-state index contributed by atoms with van der Waals surface area (Å²) in [5, 5.41) is 4.73. The smallest absolute Gasteiger partial charge is 0.149 e. The molecule has 0 radical (unpaired) electrons. The molecule has 1 aromatic carbocycles. The molecule has 0 unspecified atom stereocenters. The Morgan fingerprint density at radius 1 is 1.36 bits per heavy atom. The zero-order valence-corrected chi connectivity index (χ0v) is 13.7. The van der Waals surface area contributed by atoms with Gasteiger partial charge in [0.15, 0.2) is 0 Å². The fraction of sp³-hybridized carbons (Fsp3) is 0.278. The molecule has 1 heterocycles. The first-order valence-electron chi connectivity index (χ1n) is 7.20. The monoisotopic (exact) mass is 318 g/mol. The molecule has 116 valence electrons. The maximum Gasteiger partial charge on any atom is 0.149 e. The number of hydrogen-bond acceptors (Lipinski definition) is 2. The summed E-state index contributed by atoms with van der Waals surface area (Å²) in [6, 6.07) is 4.98. The van der Waals surface area contributed by atoms with Crippen molar-refractivity contribution >= 4 is 28.2 Å².